The monoisotopic (exact) mass is 512 g/mol. The van der Waals surface area contributed by atoms with Gasteiger partial charge in [0.25, 0.3) is 5.91 Å². The molecule has 0 bridgehead atoms. The Labute approximate surface area is 227 Å². The molecule has 0 atom stereocenters. The first-order valence-corrected chi connectivity index (χ1v) is 13.0. The Morgan fingerprint density at radius 1 is 0.846 bits per heavy atom. The van der Waals surface area contributed by atoms with Gasteiger partial charge >= 0.3 is 0 Å². The Kier molecular flexibility index (Phi) is 6.39. The quantitative estimate of drug-likeness (QED) is 0.306. The lowest BCUT2D eigenvalue weighted by atomic mass is 9.83. The van der Waals surface area contributed by atoms with Crippen LogP contribution in [0.3, 0.4) is 0 Å². The van der Waals surface area contributed by atoms with Gasteiger partial charge in [-0.1, -0.05) is 97.1 Å². The summed E-state index contributed by atoms with van der Waals surface area (Å²) >= 11 is 0. The summed E-state index contributed by atoms with van der Waals surface area (Å²) in [6, 6.07) is 35.4. The van der Waals surface area contributed by atoms with Crippen LogP contribution in [0.25, 0.3) is 10.9 Å². The number of benzene rings is 4. The molecule has 5 aromatic rings. The van der Waals surface area contributed by atoms with Crippen molar-refractivity contribution in [2.24, 2.45) is 4.99 Å². The summed E-state index contributed by atoms with van der Waals surface area (Å²) < 4.78 is 1.69. The van der Waals surface area contributed by atoms with Crippen molar-refractivity contribution in [1.29, 1.82) is 0 Å². The number of hydrogen-bond donors (Lipinski definition) is 2. The molecule has 0 unspecified atom stereocenters. The highest BCUT2D eigenvalue weighted by atomic mass is 16.2. The second kappa shape index (κ2) is 10.2. The molecule has 0 fully saturated rings. The van der Waals surface area contributed by atoms with Crippen LogP contribution in [0.2, 0.25) is 0 Å². The normalized spacial score (nSPS) is 14.3. The number of nitrogens with zero attached hydrogens (tertiary/aromatic N) is 2. The number of aliphatic imine (C=N–C) groups is 1. The average molecular weight is 513 g/mol. The minimum Gasteiger partial charge on any atom is -0.309 e. The van der Waals surface area contributed by atoms with Crippen LogP contribution in [0.15, 0.2) is 120 Å². The van der Waals surface area contributed by atoms with Crippen molar-refractivity contribution < 1.29 is 9.59 Å². The molecule has 1 aliphatic heterocycles. The maximum atomic E-state index is 13.6. The fourth-order valence-corrected chi connectivity index (χ4v) is 5.32. The van der Waals surface area contributed by atoms with E-state index in [1.807, 2.05) is 109 Å². The van der Waals surface area contributed by atoms with Crippen molar-refractivity contribution >= 4 is 28.6 Å². The fraction of sp³-hybridized carbons (Fsp3) is 0.121. The van der Waals surface area contributed by atoms with E-state index in [4.69, 9.17) is 4.99 Å². The first-order valence-electron chi connectivity index (χ1n) is 13.0. The second-order valence-corrected chi connectivity index (χ2v) is 9.72. The van der Waals surface area contributed by atoms with Gasteiger partial charge in [-0.2, -0.15) is 0 Å². The summed E-state index contributed by atoms with van der Waals surface area (Å²) in [4.78, 5) is 30.7. The SMILES string of the molecule is CC(=O)n1cc(CNCc2cccc(C3=NC(c4ccccc4)(c4ccccc4)C(=O)N3)c2)c2ccccc21. The molecule has 2 heterocycles. The standard InChI is InChI=1S/C33H28N4O2/c1-23(38)37-22-26(29-17-8-9-18-30(29)37)21-34-20-24-11-10-12-25(19-24)31-35-32(39)33(36-31,27-13-4-2-5-14-27)28-15-6-3-7-16-28/h2-19,22,34H,20-21H2,1H3,(H,35,36,39). The number of hydrogen-bond acceptors (Lipinski definition) is 4. The van der Waals surface area contributed by atoms with Gasteiger partial charge in [0.05, 0.1) is 5.52 Å². The molecule has 0 saturated carbocycles. The van der Waals surface area contributed by atoms with Crippen LogP contribution in [-0.2, 0) is 23.4 Å². The predicted molar refractivity (Wildman–Crippen MR) is 154 cm³/mol. The van der Waals surface area contributed by atoms with Crippen LogP contribution < -0.4 is 10.6 Å². The lowest BCUT2D eigenvalue weighted by Gasteiger charge is -2.24. The van der Waals surface area contributed by atoms with Gasteiger partial charge in [-0.05, 0) is 34.4 Å². The average Bonchev–Trinajstić information content (AvgIpc) is 3.53. The molecule has 4 aromatic carbocycles. The molecule has 0 aliphatic carbocycles. The molecule has 1 amide bonds. The fourth-order valence-electron chi connectivity index (χ4n) is 5.32. The number of fused-ring (bicyclic) bond motifs is 1. The molecule has 2 N–H and O–H groups in total. The van der Waals surface area contributed by atoms with Crippen LogP contribution in [0.4, 0.5) is 0 Å². The van der Waals surface area contributed by atoms with Gasteiger partial charge < -0.3 is 10.6 Å². The smallest absolute Gasteiger partial charge is 0.262 e. The zero-order chi connectivity index (χ0) is 26.8. The van der Waals surface area contributed by atoms with Gasteiger partial charge in [0.15, 0.2) is 5.54 Å². The maximum absolute atomic E-state index is 13.6. The Balaban J connectivity index is 1.26. The minimum absolute atomic E-state index is 0.00776. The number of carbonyl (C=O) groups is 2. The van der Waals surface area contributed by atoms with E-state index in [1.165, 1.54) is 0 Å². The Morgan fingerprint density at radius 2 is 1.51 bits per heavy atom. The third kappa shape index (κ3) is 4.45. The number of amides is 1. The molecule has 192 valence electrons. The zero-order valence-corrected chi connectivity index (χ0v) is 21.6. The molecular weight excluding hydrogens is 484 g/mol. The highest BCUT2D eigenvalue weighted by Crippen LogP contribution is 2.37. The molecule has 39 heavy (non-hydrogen) atoms. The van der Waals surface area contributed by atoms with E-state index in [0.717, 1.165) is 38.7 Å². The van der Waals surface area contributed by atoms with Crippen molar-refractivity contribution in [1.82, 2.24) is 15.2 Å². The summed E-state index contributed by atoms with van der Waals surface area (Å²) in [7, 11) is 0. The van der Waals surface area contributed by atoms with Crippen LogP contribution >= 0.6 is 0 Å². The summed E-state index contributed by atoms with van der Waals surface area (Å²) in [5, 5.41) is 7.63. The van der Waals surface area contributed by atoms with Gasteiger partial charge in [-0.25, -0.2) is 4.99 Å². The van der Waals surface area contributed by atoms with Crippen LogP contribution in [0.1, 0.15) is 39.5 Å². The van der Waals surface area contributed by atoms with E-state index < -0.39 is 5.54 Å². The van der Waals surface area contributed by atoms with Crippen molar-refractivity contribution in [3.8, 4) is 0 Å². The first-order chi connectivity index (χ1) is 19.1. The summed E-state index contributed by atoms with van der Waals surface area (Å²) in [6.07, 6.45) is 1.91. The van der Waals surface area contributed by atoms with Crippen molar-refractivity contribution in [3.63, 3.8) is 0 Å². The highest BCUT2D eigenvalue weighted by Gasteiger charge is 2.46. The van der Waals surface area contributed by atoms with Gasteiger partial charge in [0.2, 0.25) is 5.91 Å². The van der Waals surface area contributed by atoms with Crippen molar-refractivity contribution in [2.45, 2.75) is 25.6 Å². The lowest BCUT2D eigenvalue weighted by Crippen LogP contribution is -2.38. The number of rotatable bonds is 7. The largest absolute Gasteiger partial charge is 0.309 e. The Hall–Kier alpha value is -4.81. The van der Waals surface area contributed by atoms with E-state index >= 15 is 0 Å². The number of aromatic nitrogens is 1. The Bertz CT molecular complexity index is 1660. The van der Waals surface area contributed by atoms with Gasteiger partial charge in [-0.15, -0.1) is 0 Å². The third-order valence-corrected chi connectivity index (χ3v) is 7.20. The lowest BCUT2D eigenvalue weighted by molar-refractivity contribution is -0.122. The molecule has 6 heteroatoms. The molecule has 1 aliphatic rings. The topological polar surface area (TPSA) is 75.5 Å². The second-order valence-electron chi connectivity index (χ2n) is 9.72. The van der Waals surface area contributed by atoms with E-state index in [2.05, 4.69) is 16.7 Å². The van der Waals surface area contributed by atoms with E-state index in [9.17, 15) is 9.59 Å². The third-order valence-electron chi connectivity index (χ3n) is 7.20. The molecule has 6 nitrogen and oxygen atoms in total. The molecule has 6 rings (SSSR count). The predicted octanol–water partition coefficient (Wildman–Crippen LogP) is 5.41. The minimum atomic E-state index is -1.14. The molecule has 1 aromatic heterocycles. The number of para-hydroxylation sites is 1. The Morgan fingerprint density at radius 3 is 2.21 bits per heavy atom. The van der Waals surface area contributed by atoms with Crippen LogP contribution in [0.5, 0.6) is 0 Å². The van der Waals surface area contributed by atoms with Gasteiger partial charge in [0.1, 0.15) is 5.84 Å². The molecule has 0 saturated heterocycles. The number of carbonyl (C=O) groups excluding carboxylic acids is 2. The van der Waals surface area contributed by atoms with E-state index in [-0.39, 0.29) is 11.8 Å². The van der Waals surface area contributed by atoms with Gasteiger partial charge in [-0.3, -0.25) is 14.2 Å². The number of nitrogens with one attached hydrogen (secondary N) is 2. The van der Waals surface area contributed by atoms with E-state index in [0.29, 0.717) is 18.9 Å². The highest BCUT2D eigenvalue weighted by molar-refractivity contribution is 6.16. The molecule has 0 radical (unpaired) electrons. The number of amidine groups is 1. The van der Waals surface area contributed by atoms with Crippen molar-refractivity contribution in [2.75, 3.05) is 0 Å². The summed E-state index contributed by atoms with van der Waals surface area (Å²) in [5.41, 5.74) is 4.41. The maximum Gasteiger partial charge on any atom is 0.262 e. The zero-order valence-electron chi connectivity index (χ0n) is 21.6. The van der Waals surface area contributed by atoms with Crippen LogP contribution in [0, 0.1) is 0 Å². The summed E-state index contributed by atoms with van der Waals surface area (Å²) in [5.74, 6) is 0.381. The molecular formula is C33H28N4O2. The van der Waals surface area contributed by atoms with Crippen LogP contribution in [-0.4, -0.2) is 22.2 Å². The van der Waals surface area contributed by atoms with Crippen molar-refractivity contribution in [3.05, 3.63) is 143 Å². The van der Waals surface area contributed by atoms with Gasteiger partial charge in [0, 0.05) is 37.2 Å². The molecule has 0 spiro atoms. The van der Waals surface area contributed by atoms with E-state index in [1.54, 1.807) is 11.5 Å². The summed E-state index contributed by atoms with van der Waals surface area (Å²) in [6.45, 7) is 2.81. The first kappa shape index (κ1) is 24.5.